The normalized spacial score (nSPS) is 13.3. The molecule has 0 fully saturated rings. The number of fused-ring (bicyclic) bond motifs is 1. The number of esters is 1. The summed E-state index contributed by atoms with van der Waals surface area (Å²) < 4.78 is 52.1. The number of methoxy groups -OCH3 is 1. The van der Waals surface area contributed by atoms with E-state index in [0.29, 0.717) is 12.2 Å². The van der Waals surface area contributed by atoms with Crippen LogP contribution >= 0.6 is 0 Å². The lowest BCUT2D eigenvalue weighted by atomic mass is 9.93. The SMILES string of the molecule is COC(=O)CCS(=O)(=O)c1nc(Nc2c3c(cc(C)c2-c2ccnc(F)c2)CCC3)n(COCC[Si](C)(C)C)n1. The highest BCUT2D eigenvalue weighted by molar-refractivity contribution is 7.91. The van der Waals surface area contributed by atoms with Crippen molar-refractivity contribution in [2.45, 2.75) is 70.2 Å². The van der Waals surface area contributed by atoms with Crippen molar-refractivity contribution in [3.63, 3.8) is 0 Å². The van der Waals surface area contributed by atoms with Gasteiger partial charge in [0.25, 0.3) is 5.16 Å². The van der Waals surface area contributed by atoms with Gasteiger partial charge < -0.3 is 14.8 Å². The quantitative estimate of drug-likeness (QED) is 0.139. The molecular weight excluding hydrogens is 553 g/mol. The van der Waals surface area contributed by atoms with E-state index >= 15 is 0 Å². The topological polar surface area (TPSA) is 125 Å². The van der Waals surface area contributed by atoms with Crippen LogP contribution in [0.1, 0.15) is 29.5 Å². The number of sulfone groups is 1. The van der Waals surface area contributed by atoms with Crippen LogP contribution in [0, 0.1) is 12.9 Å². The molecule has 2 heterocycles. The van der Waals surface area contributed by atoms with Gasteiger partial charge in [-0.1, -0.05) is 25.7 Å². The molecule has 0 aliphatic heterocycles. The van der Waals surface area contributed by atoms with Gasteiger partial charge in [0.2, 0.25) is 21.7 Å². The monoisotopic (exact) mass is 589 g/mol. The van der Waals surface area contributed by atoms with E-state index in [1.165, 1.54) is 29.6 Å². The van der Waals surface area contributed by atoms with Crippen molar-refractivity contribution >= 4 is 35.5 Å². The van der Waals surface area contributed by atoms with Crippen LogP contribution in [-0.4, -0.2) is 61.7 Å². The van der Waals surface area contributed by atoms with Crippen molar-refractivity contribution in [3.05, 3.63) is 47.0 Å². The number of hydrogen-bond donors (Lipinski definition) is 1. The zero-order valence-electron chi connectivity index (χ0n) is 23.6. The molecule has 0 spiro atoms. The molecule has 0 radical (unpaired) electrons. The average Bonchev–Trinajstić information content (AvgIpc) is 3.52. The molecule has 10 nitrogen and oxygen atoms in total. The van der Waals surface area contributed by atoms with Crippen molar-refractivity contribution in [2.24, 2.45) is 0 Å². The minimum atomic E-state index is -3.99. The predicted octanol–water partition coefficient (Wildman–Crippen LogP) is 4.67. The van der Waals surface area contributed by atoms with Gasteiger partial charge in [-0.05, 0) is 60.6 Å². The lowest BCUT2D eigenvalue weighted by Gasteiger charge is -2.20. The van der Waals surface area contributed by atoms with Crippen LogP contribution < -0.4 is 5.32 Å². The lowest BCUT2D eigenvalue weighted by Crippen LogP contribution is -2.22. The highest BCUT2D eigenvalue weighted by Crippen LogP contribution is 2.41. The van der Waals surface area contributed by atoms with Gasteiger partial charge in [0, 0.05) is 32.5 Å². The van der Waals surface area contributed by atoms with Gasteiger partial charge in [0.1, 0.15) is 6.73 Å². The number of halogens is 1. The number of nitrogens with zero attached hydrogens (tertiary/aromatic N) is 4. The van der Waals surface area contributed by atoms with Crippen LogP contribution in [0.25, 0.3) is 11.1 Å². The second kappa shape index (κ2) is 12.1. The summed E-state index contributed by atoms with van der Waals surface area (Å²) in [5, 5.41) is 7.20. The van der Waals surface area contributed by atoms with E-state index in [2.05, 4.69) is 50.8 Å². The molecule has 1 N–H and O–H groups in total. The minimum Gasteiger partial charge on any atom is -0.469 e. The van der Waals surface area contributed by atoms with E-state index < -0.39 is 40.7 Å². The summed E-state index contributed by atoms with van der Waals surface area (Å²) in [6.45, 7) is 9.18. The smallest absolute Gasteiger partial charge is 0.306 e. The summed E-state index contributed by atoms with van der Waals surface area (Å²) in [7, 11) is -4.14. The molecule has 1 aliphatic carbocycles. The Morgan fingerprint density at radius 1 is 1.23 bits per heavy atom. The third-order valence-corrected chi connectivity index (χ3v) is 9.97. The van der Waals surface area contributed by atoms with Gasteiger partial charge in [-0.3, -0.25) is 4.79 Å². The van der Waals surface area contributed by atoms with Crippen molar-refractivity contribution in [1.29, 1.82) is 0 Å². The van der Waals surface area contributed by atoms with E-state index in [9.17, 15) is 17.6 Å². The number of pyridine rings is 1. The molecule has 0 saturated carbocycles. The number of carbonyl (C=O) groups is 1. The second-order valence-corrected chi connectivity index (χ2v) is 18.8. The molecule has 2 aromatic heterocycles. The average molecular weight is 590 g/mol. The molecule has 1 aromatic carbocycles. The minimum absolute atomic E-state index is 0.0143. The Morgan fingerprint density at radius 3 is 2.70 bits per heavy atom. The summed E-state index contributed by atoms with van der Waals surface area (Å²) in [6.07, 6.45) is 3.80. The molecular formula is C27H36FN5O5SSi. The number of aromatic nitrogens is 4. The Kier molecular flexibility index (Phi) is 9.05. The lowest BCUT2D eigenvalue weighted by molar-refractivity contribution is -0.140. The number of carbonyl (C=O) groups excluding carboxylic acids is 1. The summed E-state index contributed by atoms with van der Waals surface area (Å²) in [6, 6.07) is 6.17. The number of anilines is 2. The second-order valence-electron chi connectivity index (χ2n) is 11.1. The first-order chi connectivity index (χ1) is 18.9. The fourth-order valence-electron chi connectivity index (χ4n) is 4.65. The number of nitrogens with one attached hydrogen (secondary N) is 1. The molecule has 0 amide bonds. The Morgan fingerprint density at radius 2 is 2.00 bits per heavy atom. The number of hydrogen-bond acceptors (Lipinski definition) is 9. The first kappa shape index (κ1) is 29.8. The fraction of sp³-hybridized carbons (Fsp3) is 0.481. The molecule has 13 heteroatoms. The molecule has 1 aliphatic rings. The van der Waals surface area contributed by atoms with Gasteiger partial charge in [0.15, 0.2) is 0 Å². The van der Waals surface area contributed by atoms with E-state index in [-0.39, 0.29) is 19.1 Å². The summed E-state index contributed by atoms with van der Waals surface area (Å²) in [4.78, 5) is 19.7. The van der Waals surface area contributed by atoms with Crippen LogP contribution in [0.3, 0.4) is 0 Å². The van der Waals surface area contributed by atoms with Crippen molar-refractivity contribution in [3.8, 4) is 11.1 Å². The third-order valence-electron chi connectivity index (χ3n) is 6.79. The third kappa shape index (κ3) is 7.12. The van der Waals surface area contributed by atoms with Gasteiger partial charge in [-0.25, -0.2) is 18.1 Å². The van der Waals surface area contributed by atoms with E-state index in [1.54, 1.807) is 6.07 Å². The predicted molar refractivity (Wildman–Crippen MR) is 152 cm³/mol. The van der Waals surface area contributed by atoms with Gasteiger partial charge >= 0.3 is 5.97 Å². The highest BCUT2D eigenvalue weighted by Gasteiger charge is 2.27. The summed E-state index contributed by atoms with van der Waals surface area (Å²) in [5.74, 6) is -1.54. The number of ether oxygens (including phenoxy) is 2. The molecule has 4 rings (SSSR count). The van der Waals surface area contributed by atoms with E-state index in [4.69, 9.17) is 4.74 Å². The highest BCUT2D eigenvalue weighted by atomic mass is 32.2. The maximum Gasteiger partial charge on any atom is 0.306 e. The van der Waals surface area contributed by atoms with Crippen LogP contribution in [0.15, 0.2) is 29.6 Å². The largest absolute Gasteiger partial charge is 0.469 e. The Bertz CT molecular complexity index is 1500. The Balaban J connectivity index is 1.75. The number of benzene rings is 1. The molecule has 40 heavy (non-hydrogen) atoms. The van der Waals surface area contributed by atoms with Crippen molar-refractivity contribution < 1.29 is 27.1 Å². The van der Waals surface area contributed by atoms with Gasteiger partial charge in [-0.2, -0.15) is 9.37 Å². The molecule has 0 atom stereocenters. The molecule has 0 bridgehead atoms. The zero-order valence-corrected chi connectivity index (χ0v) is 25.4. The maximum absolute atomic E-state index is 14.2. The van der Waals surface area contributed by atoms with Crippen molar-refractivity contribution in [2.75, 3.05) is 24.8 Å². The standard InChI is InChI=1S/C27H36FN5O5SSi/c1-18-15-19-7-6-8-21(19)25(24(18)20-9-11-29-22(28)16-20)30-26-31-27(39(35,36)13-10-23(34)37-2)32-33(26)17-38-12-14-40(3,4)5/h9,11,15-16H,6-8,10,12-14,17H2,1-5H3,(H,30,31,32). The van der Waals surface area contributed by atoms with E-state index in [0.717, 1.165) is 47.7 Å². The zero-order chi connectivity index (χ0) is 29.1. The molecule has 0 unspecified atom stereocenters. The number of aryl methyl sites for hydroxylation is 2. The van der Waals surface area contributed by atoms with Crippen molar-refractivity contribution in [1.82, 2.24) is 19.7 Å². The Hall–Kier alpha value is -3.16. The summed E-state index contributed by atoms with van der Waals surface area (Å²) >= 11 is 0. The van der Waals surface area contributed by atoms with Gasteiger partial charge in [-0.15, -0.1) is 5.10 Å². The van der Waals surface area contributed by atoms with Gasteiger partial charge in [0.05, 0.1) is 25.0 Å². The van der Waals surface area contributed by atoms with Crippen LogP contribution in [0.2, 0.25) is 25.7 Å². The van der Waals surface area contributed by atoms with Crippen LogP contribution in [-0.2, 0) is 43.7 Å². The maximum atomic E-state index is 14.2. The molecule has 216 valence electrons. The summed E-state index contributed by atoms with van der Waals surface area (Å²) in [5.41, 5.74) is 5.35. The molecule has 3 aromatic rings. The van der Waals surface area contributed by atoms with Crippen LogP contribution in [0.4, 0.5) is 16.0 Å². The van der Waals surface area contributed by atoms with E-state index in [1.807, 2.05) is 6.92 Å². The first-order valence-electron chi connectivity index (χ1n) is 13.2. The number of rotatable bonds is 12. The van der Waals surface area contributed by atoms with Crippen LogP contribution in [0.5, 0.6) is 0 Å². The Labute approximate surface area is 235 Å². The molecule has 0 saturated heterocycles. The fourth-order valence-corrected chi connectivity index (χ4v) is 6.47. The first-order valence-corrected chi connectivity index (χ1v) is 18.6.